The Morgan fingerprint density at radius 2 is 1.00 bits per heavy atom. The number of carbonyl (C=O) groups is 1. The van der Waals surface area contributed by atoms with Gasteiger partial charge in [-0.3, -0.25) is 13.8 Å². The van der Waals surface area contributed by atoms with E-state index in [1.807, 2.05) is 34.1 Å². The van der Waals surface area contributed by atoms with Crippen LogP contribution >= 0.6 is 7.82 Å². The zero-order chi connectivity index (χ0) is 39.3. The van der Waals surface area contributed by atoms with Gasteiger partial charge >= 0.3 is 7.82 Å². The minimum absolute atomic E-state index is 0.0618. The number of phosphoric acid groups is 1. The lowest BCUT2D eigenvalue weighted by molar-refractivity contribution is -0.870. The first kappa shape index (κ1) is 52.2. The Kier molecular flexibility index (Phi) is 36.3. The van der Waals surface area contributed by atoms with E-state index in [4.69, 9.17) is 9.05 Å². The molecule has 0 aliphatic rings. The molecule has 53 heavy (non-hydrogen) atoms. The summed E-state index contributed by atoms with van der Waals surface area (Å²) in [4.78, 5) is 22.3. The Labute approximate surface area is 329 Å². The van der Waals surface area contributed by atoms with Crippen molar-refractivity contribution in [3.05, 3.63) is 12.2 Å². The van der Waals surface area contributed by atoms with Gasteiger partial charge in [0.1, 0.15) is 13.2 Å². The average molecular weight is 774 g/mol. The van der Waals surface area contributed by atoms with Crippen LogP contribution in [0.5, 0.6) is 0 Å². The second-order valence-corrected chi connectivity index (χ2v) is 18.2. The molecule has 0 aromatic heterocycles. The van der Waals surface area contributed by atoms with Crippen LogP contribution < -0.4 is 5.32 Å². The number of carbonyl (C=O) groups excluding carboxylic acids is 1. The number of hydrogen-bond donors (Lipinski definition) is 3. The zero-order valence-corrected chi connectivity index (χ0v) is 36.7. The number of rotatable bonds is 41. The van der Waals surface area contributed by atoms with Crippen LogP contribution in [0.15, 0.2) is 12.2 Å². The second-order valence-electron chi connectivity index (χ2n) is 16.8. The number of quaternary nitrogens is 1. The van der Waals surface area contributed by atoms with Gasteiger partial charge in [0, 0.05) is 6.42 Å². The van der Waals surface area contributed by atoms with Gasteiger partial charge in [-0.1, -0.05) is 199 Å². The quantitative estimate of drug-likeness (QED) is 0.0247. The second kappa shape index (κ2) is 36.9. The van der Waals surface area contributed by atoms with E-state index >= 15 is 0 Å². The van der Waals surface area contributed by atoms with Gasteiger partial charge in [-0.15, -0.1) is 0 Å². The molecule has 0 rings (SSSR count). The van der Waals surface area contributed by atoms with Crippen LogP contribution in [0.4, 0.5) is 0 Å². The maximum atomic E-state index is 12.3. The van der Waals surface area contributed by atoms with Crippen LogP contribution in [-0.2, 0) is 18.4 Å². The van der Waals surface area contributed by atoms with Crippen molar-refractivity contribution in [2.75, 3.05) is 40.9 Å². The summed E-state index contributed by atoms with van der Waals surface area (Å²) in [7, 11) is 1.57. The Hall–Kier alpha value is -0.760. The predicted octanol–water partition coefficient (Wildman–Crippen LogP) is 12.4. The number of allylic oxidation sites excluding steroid dienone is 1. The van der Waals surface area contributed by atoms with Crippen LogP contribution in [-0.4, -0.2) is 73.4 Å². The summed E-state index contributed by atoms with van der Waals surface area (Å²) >= 11 is 0. The molecule has 0 aliphatic heterocycles. The first-order valence-corrected chi connectivity index (χ1v) is 24.1. The van der Waals surface area contributed by atoms with E-state index in [0.29, 0.717) is 23.9 Å². The molecular formula is C44H90N2O6P+. The largest absolute Gasteiger partial charge is 0.472 e. The first-order valence-electron chi connectivity index (χ1n) is 22.6. The van der Waals surface area contributed by atoms with Gasteiger partial charge in [-0.25, -0.2) is 4.57 Å². The van der Waals surface area contributed by atoms with Gasteiger partial charge < -0.3 is 19.8 Å². The maximum absolute atomic E-state index is 12.3. The molecule has 8 nitrogen and oxygen atoms in total. The fourth-order valence-corrected chi connectivity index (χ4v) is 7.41. The van der Waals surface area contributed by atoms with Crippen molar-refractivity contribution in [2.24, 2.45) is 0 Å². The Balaban J connectivity index is 3.72. The highest BCUT2D eigenvalue weighted by molar-refractivity contribution is 7.47. The summed E-state index contributed by atoms with van der Waals surface area (Å²) in [5.41, 5.74) is 0. The van der Waals surface area contributed by atoms with Crippen molar-refractivity contribution < 1.29 is 32.9 Å². The monoisotopic (exact) mass is 774 g/mol. The average Bonchev–Trinajstić information content (AvgIpc) is 3.10. The molecule has 0 bridgehead atoms. The topological polar surface area (TPSA) is 105 Å². The summed E-state index contributed by atoms with van der Waals surface area (Å²) in [6.07, 6.45) is 43.3. The molecule has 0 aromatic rings. The number of likely N-dealkylation sites (N-methyl/N-ethyl adjacent to an activating group) is 1. The minimum atomic E-state index is -4.30. The lowest BCUT2D eigenvalue weighted by Crippen LogP contribution is -2.45. The Morgan fingerprint density at radius 3 is 1.36 bits per heavy atom. The van der Waals surface area contributed by atoms with Gasteiger partial charge in [0.2, 0.25) is 5.91 Å². The lowest BCUT2D eigenvalue weighted by atomic mass is 10.0. The highest BCUT2D eigenvalue weighted by Gasteiger charge is 2.27. The van der Waals surface area contributed by atoms with Crippen LogP contribution in [0.25, 0.3) is 0 Å². The molecule has 0 saturated heterocycles. The Morgan fingerprint density at radius 1 is 0.623 bits per heavy atom. The van der Waals surface area contributed by atoms with Gasteiger partial charge in [-0.05, 0) is 19.3 Å². The molecule has 1 amide bonds. The molecule has 3 atom stereocenters. The summed E-state index contributed by atoms with van der Waals surface area (Å²) in [6, 6.07) is -0.837. The molecule has 0 spiro atoms. The zero-order valence-electron chi connectivity index (χ0n) is 35.8. The van der Waals surface area contributed by atoms with E-state index in [1.165, 1.54) is 167 Å². The number of nitrogens with zero attached hydrogens (tertiary/aromatic N) is 1. The van der Waals surface area contributed by atoms with E-state index in [2.05, 4.69) is 12.2 Å². The Bertz CT molecular complexity index is 880. The van der Waals surface area contributed by atoms with Crippen molar-refractivity contribution in [3.8, 4) is 0 Å². The highest BCUT2D eigenvalue weighted by Crippen LogP contribution is 2.43. The third-order valence-corrected chi connectivity index (χ3v) is 11.2. The summed E-state index contributed by atoms with van der Waals surface area (Å²) in [5.74, 6) is -0.229. The van der Waals surface area contributed by atoms with Crippen LogP contribution in [0, 0.1) is 0 Å². The molecule has 0 saturated carbocycles. The molecular weight excluding hydrogens is 683 g/mol. The number of amides is 1. The van der Waals surface area contributed by atoms with E-state index in [1.54, 1.807) is 6.08 Å². The number of unbranched alkanes of at least 4 members (excludes halogenated alkanes) is 28. The molecule has 0 heterocycles. The summed E-state index contributed by atoms with van der Waals surface area (Å²) in [5, 5.41) is 13.5. The third kappa shape index (κ3) is 39.3. The number of hydrogen-bond acceptors (Lipinski definition) is 5. The molecule has 0 fully saturated rings. The molecule has 3 unspecified atom stereocenters. The first-order chi connectivity index (χ1) is 25.5. The smallest absolute Gasteiger partial charge is 0.387 e. The van der Waals surface area contributed by atoms with Crippen LogP contribution in [0.2, 0.25) is 0 Å². The maximum Gasteiger partial charge on any atom is 0.472 e. The molecule has 0 aromatic carbocycles. The van der Waals surface area contributed by atoms with E-state index in [-0.39, 0.29) is 19.1 Å². The third-order valence-electron chi connectivity index (χ3n) is 10.2. The number of phosphoric ester groups is 1. The van der Waals surface area contributed by atoms with Crippen LogP contribution in [0.3, 0.4) is 0 Å². The number of nitrogens with one attached hydrogen (secondary N) is 1. The number of aliphatic hydroxyl groups is 1. The molecule has 0 radical (unpaired) electrons. The van der Waals surface area contributed by atoms with Gasteiger partial charge in [0.25, 0.3) is 0 Å². The summed E-state index contributed by atoms with van der Waals surface area (Å²) < 4.78 is 23.1. The fourth-order valence-electron chi connectivity index (χ4n) is 6.67. The van der Waals surface area contributed by atoms with E-state index in [9.17, 15) is 19.4 Å². The van der Waals surface area contributed by atoms with Gasteiger partial charge in [0.15, 0.2) is 0 Å². The van der Waals surface area contributed by atoms with E-state index < -0.39 is 20.0 Å². The minimum Gasteiger partial charge on any atom is -0.387 e. The van der Waals surface area contributed by atoms with Crippen molar-refractivity contribution >= 4 is 13.7 Å². The standard InChI is InChI=1S/C44H89N2O6P/c1-6-8-9-10-11-12-13-14-15-16-17-18-19-20-21-22-23-24-25-26-27-28-29-30-31-32-33-34-35-36-38-43(47)42(45-44(48)37-7-2)41-52-53(49,50)51-40-39-46(3,4)5/h36,38,42-43,47H,6-35,37,39-41H2,1-5H3,(H-,45,48,49,50)/p+1/b38-36+. The normalized spacial score (nSPS) is 14.5. The van der Waals surface area contributed by atoms with Crippen LogP contribution in [0.1, 0.15) is 213 Å². The molecule has 9 heteroatoms. The highest BCUT2D eigenvalue weighted by atomic mass is 31.2. The van der Waals surface area contributed by atoms with Crippen molar-refractivity contribution in [3.63, 3.8) is 0 Å². The number of aliphatic hydroxyl groups excluding tert-OH is 1. The SMILES string of the molecule is CCCCCCCCCCCCCCCCCCCCCCCCCCCCCC/C=C/C(O)C(COP(=O)(O)OCC[N+](C)(C)C)NC(=O)CCC. The van der Waals surface area contributed by atoms with Crippen molar-refractivity contribution in [1.29, 1.82) is 0 Å². The predicted molar refractivity (Wildman–Crippen MR) is 226 cm³/mol. The fraction of sp³-hybridized carbons (Fsp3) is 0.932. The molecule has 0 aliphatic carbocycles. The van der Waals surface area contributed by atoms with Crippen molar-refractivity contribution in [1.82, 2.24) is 5.32 Å². The van der Waals surface area contributed by atoms with E-state index in [0.717, 1.165) is 19.3 Å². The van der Waals surface area contributed by atoms with Gasteiger partial charge in [-0.2, -0.15) is 0 Å². The van der Waals surface area contributed by atoms with Gasteiger partial charge in [0.05, 0.1) is 39.9 Å². The van der Waals surface area contributed by atoms with Crippen molar-refractivity contribution in [2.45, 2.75) is 225 Å². The molecule has 3 N–H and O–H groups in total. The summed E-state index contributed by atoms with van der Waals surface area (Å²) in [6.45, 7) is 4.47. The lowest BCUT2D eigenvalue weighted by Gasteiger charge is -2.25. The molecule has 316 valence electrons.